The summed E-state index contributed by atoms with van der Waals surface area (Å²) >= 11 is 0. The summed E-state index contributed by atoms with van der Waals surface area (Å²) in [5.41, 5.74) is 13.7. The first-order valence-electron chi connectivity index (χ1n) is 16.5. The molecule has 0 spiro atoms. The SMILES string of the molecule is CC1(C)c2ccc(N(c3ccc(-c4ccccc4)cc3)c3ccccc3-c3ccccc3)cc2N2c3ccccc3Oc3cccc1c32. The van der Waals surface area contributed by atoms with Gasteiger partial charge in [0.25, 0.3) is 0 Å². The van der Waals surface area contributed by atoms with Gasteiger partial charge in [-0.2, -0.15) is 0 Å². The highest BCUT2D eigenvalue weighted by Gasteiger charge is 2.41. The van der Waals surface area contributed by atoms with E-state index < -0.39 is 0 Å². The fourth-order valence-electron chi connectivity index (χ4n) is 7.47. The van der Waals surface area contributed by atoms with Crippen molar-refractivity contribution in [3.05, 3.63) is 181 Å². The Bertz CT molecular complexity index is 2290. The summed E-state index contributed by atoms with van der Waals surface area (Å²) in [6.45, 7) is 4.65. The van der Waals surface area contributed by atoms with Crippen molar-refractivity contribution in [1.82, 2.24) is 0 Å². The number of nitrogens with zero attached hydrogens (tertiary/aromatic N) is 2. The van der Waals surface area contributed by atoms with E-state index in [1.54, 1.807) is 0 Å². The number of hydrogen-bond acceptors (Lipinski definition) is 3. The smallest absolute Gasteiger partial charge is 0.151 e. The van der Waals surface area contributed by atoms with E-state index in [1.165, 1.54) is 33.4 Å². The van der Waals surface area contributed by atoms with Crippen molar-refractivity contribution in [2.45, 2.75) is 19.3 Å². The topological polar surface area (TPSA) is 15.7 Å². The standard InChI is InChI=1S/C45H34N2O/c1-45(2)37-29-28-35(30-41(37)47-40-21-11-12-22-42(40)48-43-23-13-19-38(45)44(43)47)46(34-26-24-32(25-27-34)31-14-5-3-6-15-31)39-20-10-9-18-36(39)33-16-7-4-8-17-33/h3-30H,1-2H3. The molecule has 2 aliphatic heterocycles. The third-order valence-corrected chi connectivity index (χ3v) is 9.84. The Hall–Kier alpha value is -6.06. The first-order chi connectivity index (χ1) is 23.6. The Balaban J connectivity index is 1.27. The average molecular weight is 619 g/mol. The number of fused-ring (bicyclic) bond motifs is 4. The largest absolute Gasteiger partial charge is 0.453 e. The molecule has 0 fully saturated rings. The Morgan fingerprint density at radius 3 is 1.90 bits per heavy atom. The van der Waals surface area contributed by atoms with Gasteiger partial charge in [0, 0.05) is 22.4 Å². The number of para-hydroxylation sites is 4. The molecule has 2 aliphatic rings. The molecule has 0 amide bonds. The molecule has 7 aromatic carbocycles. The molecule has 0 unspecified atom stereocenters. The van der Waals surface area contributed by atoms with Crippen molar-refractivity contribution < 1.29 is 4.74 Å². The second-order valence-corrected chi connectivity index (χ2v) is 13.0. The molecule has 7 aromatic rings. The van der Waals surface area contributed by atoms with Gasteiger partial charge < -0.3 is 14.5 Å². The van der Waals surface area contributed by atoms with Crippen LogP contribution in [0.5, 0.6) is 11.5 Å². The van der Waals surface area contributed by atoms with Crippen molar-refractivity contribution in [3.8, 4) is 33.8 Å². The number of anilines is 6. The molecule has 0 radical (unpaired) electrons. The van der Waals surface area contributed by atoms with Crippen molar-refractivity contribution >= 4 is 34.1 Å². The minimum absolute atomic E-state index is 0.227. The van der Waals surface area contributed by atoms with Gasteiger partial charge in [-0.25, -0.2) is 0 Å². The van der Waals surface area contributed by atoms with E-state index in [0.29, 0.717) is 0 Å². The molecule has 2 heterocycles. The van der Waals surface area contributed by atoms with Gasteiger partial charge in [-0.15, -0.1) is 0 Å². The maximum Gasteiger partial charge on any atom is 0.151 e. The molecule has 0 bridgehead atoms. The highest BCUT2D eigenvalue weighted by atomic mass is 16.5. The van der Waals surface area contributed by atoms with E-state index >= 15 is 0 Å². The molecule has 9 rings (SSSR count). The molecule has 48 heavy (non-hydrogen) atoms. The number of rotatable bonds is 5. The summed E-state index contributed by atoms with van der Waals surface area (Å²) in [6, 6.07) is 60.7. The molecular weight excluding hydrogens is 585 g/mol. The van der Waals surface area contributed by atoms with Gasteiger partial charge >= 0.3 is 0 Å². The Labute approximate surface area is 281 Å². The van der Waals surface area contributed by atoms with Crippen LogP contribution in [-0.4, -0.2) is 0 Å². The Kier molecular flexibility index (Phi) is 6.48. The zero-order valence-electron chi connectivity index (χ0n) is 27.0. The van der Waals surface area contributed by atoms with Crippen LogP contribution in [0.1, 0.15) is 25.0 Å². The first kappa shape index (κ1) is 28.2. The molecule has 0 saturated heterocycles. The molecule has 3 heteroatoms. The van der Waals surface area contributed by atoms with E-state index in [1.807, 2.05) is 6.07 Å². The second kappa shape index (κ2) is 11.0. The van der Waals surface area contributed by atoms with Crippen molar-refractivity contribution in [3.63, 3.8) is 0 Å². The van der Waals surface area contributed by atoms with Crippen LogP contribution in [-0.2, 0) is 5.41 Å². The third-order valence-electron chi connectivity index (χ3n) is 9.84. The monoisotopic (exact) mass is 618 g/mol. The summed E-state index contributed by atoms with van der Waals surface area (Å²) < 4.78 is 6.51. The lowest BCUT2D eigenvalue weighted by atomic mass is 9.73. The van der Waals surface area contributed by atoms with Crippen molar-refractivity contribution in [1.29, 1.82) is 0 Å². The fourth-order valence-corrected chi connectivity index (χ4v) is 7.47. The predicted octanol–water partition coefficient (Wildman–Crippen LogP) is 12.7. The first-order valence-corrected chi connectivity index (χ1v) is 16.5. The molecule has 0 aromatic heterocycles. The lowest BCUT2D eigenvalue weighted by Crippen LogP contribution is -2.32. The summed E-state index contributed by atoms with van der Waals surface area (Å²) in [5, 5.41) is 0. The molecule has 0 aliphatic carbocycles. The number of ether oxygens (including phenoxy) is 1. The number of benzene rings is 7. The van der Waals surface area contributed by atoms with E-state index in [9.17, 15) is 0 Å². The van der Waals surface area contributed by atoms with Gasteiger partial charge in [0.1, 0.15) is 0 Å². The Morgan fingerprint density at radius 1 is 0.479 bits per heavy atom. The lowest BCUT2D eigenvalue weighted by molar-refractivity contribution is 0.471. The predicted molar refractivity (Wildman–Crippen MR) is 199 cm³/mol. The Morgan fingerprint density at radius 2 is 1.10 bits per heavy atom. The highest BCUT2D eigenvalue weighted by Crippen LogP contribution is 2.60. The van der Waals surface area contributed by atoms with E-state index in [-0.39, 0.29) is 5.41 Å². The molecular formula is C45H34N2O. The van der Waals surface area contributed by atoms with Gasteiger partial charge in [0.15, 0.2) is 11.5 Å². The molecule has 0 N–H and O–H groups in total. The summed E-state index contributed by atoms with van der Waals surface area (Å²) in [6.07, 6.45) is 0. The van der Waals surface area contributed by atoms with Crippen LogP contribution in [0.4, 0.5) is 34.1 Å². The van der Waals surface area contributed by atoms with Crippen LogP contribution < -0.4 is 14.5 Å². The zero-order valence-corrected chi connectivity index (χ0v) is 27.0. The maximum atomic E-state index is 6.51. The third kappa shape index (κ3) is 4.43. The summed E-state index contributed by atoms with van der Waals surface area (Å²) in [7, 11) is 0. The molecule has 230 valence electrons. The van der Waals surface area contributed by atoms with Gasteiger partial charge in [0.05, 0.1) is 22.7 Å². The summed E-state index contributed by atoms with van der Waals surface area (Å²) in [4.78, 5) is 4.81. The van der Waals surface area contributed by atoms with Gasteiger partial charge in [-0.1, -0.05) is 135 Å². The van der Waals surface area contributed by atoms with Crippen LogP contribution in [0.15, 0.2) is 170 Å². The van der Waals surface area contributed by atoms with Crippen LogP contribution in [0.25, 0.3) is 22.3 Å². The molecule has 0 saturated carbocycles. The molecule has 3 nitrogen and oxygen atoms in total. The van der Waals surface area contributed by atoms with Crippen LogP contribution in [0.2, 0.25) is 0 Å². The van der Waals surface area contributed by atoms with Crippen LogP contribution >= 0.6 is 0 Å². The van der Waals surface area contributed by atoms with E-state index in [4.69, 9.17) is 4.74 Å². The van der Waals surface area contributed by atoms with Gasteiger partial charge in [-0.05, 0) is 76.3 Å². The van der Waals surface area contributed by atoms with Crippen LogP contribution in [0, 0.1) is 0 Å². The van der Waals surface area contributed by atoms with Crippen LogP contribution in [0.3, 0.4) is 0 Å². The lowest BCUT2D eigenvalue weighted by Gasteiger charge is -2.45. The van der Waals surface area contributed by atoms with Gasteiger partial charge in [-0.3, -0.25) is 0 Å². The summed E-state index contributed by atoms with van der Waals surface area (Å²) in [5.74, 6) is 1.75. The minimum Gasteiger partial charge on any atom is -0.453 e. The number of hydrogen-bond donors (Lipinski definition) is 0. The zero-order chi connectivity index (χ0) is 32.2. The van der Waals surface area contributed by atoms with E-state index in [2.05, 4.69) is 187 Å². The normalized spacial score (nSPS) is 13.5. The van der Waals surface area contributed by atoms with Gasteiger partial charge in [0.2, 0.25) is 0 Å². The average Bonchev–Trinajstić information content (AvgIpc) is 3.14. The minimum atomic E-state index is -0.227. The maximum absolute atomic E-state index is 6.51. The quantitative estimate of drug-likeness (QED) is 0.191. The van der Waals surface area contributed by atoms with Crippen molar-refractivity contribution in [2.24, 2.45) is 0 Å². The molecule has 0 atom stereocenters. The fraction of sp³-hybridized carbons (Fsp3) is 0.0667. The second-order valence-electron chi connectivity index (χ2n) is 13.0. The highest BCUT2D eigenvalue weighted by molar-refractivity contribution is 5.96. The van der Waals surface area contributed by atoms with Crippen molar-refractivity contribution in [2.75, 3.05) is 9.80 Å². The van der Waals surface area contributed by atoms with E-state index in [0.717, 1.165) is 45.6 Å².